The molecule has 1 saturated heterocycles. The Morgan fingerprint density at radius 2 is 1.77 bits per heavy atom. The van der Waals surface area contributed by atoms with E-state index in [0.717, 1.165) is 11.0 Å². The highest BCUT2D eigenvalue weighted by Gasteiger charge is 2.52. The minimum atomic E-state index is -0.520. The Hall–Kier alpha value is -1.40. The van der Waals surface area contributed by atoms with Gasteiger partial charge in [-0.05, 0) is 50.7 Å². The van der Waals surface area contributed by atoms with Crippen LogP contribution in [0.4, 0.5) is 0 Å². The van der Waals surface area contributed by atoms with Gasteiger partial charge >= 0.3 is 13.1 Å². The molecule has 0 spiro atoms. The van der Waals surface area contributed by atoms with Gasteiger partial charge in [0.05, 0.1) is 18.3 Å². The van der Waals surface area contributed by atoms with Gasteiger partial charge in [-0.1, -0.05) is 13.8 Å². The van der Waals surface area contributed by atoms with E-state index in [0.29, 0.717) is 0 Å². The van der Waals surface area contributed by atoms with Crippen molar-refractivity contribution in [2.45, 2.75) is 58.7 Å². The number of hydrogen-bond acceptors (Lipinski definition) is 5. The van der Waals surface area contributed by atoms with Gasteiger partial charge in [0.1, 0.15) is 5.69 Å². The standard InChI is InChI=1S/C16H24BNO4/c1-10(2)11-9-18-13(14(19)20-7)8-12(11)17-21-15(3,4)16(5,6)22-17/h8-10H,1-7H3. The topological polar surface area (TPSA) is 57.7 Å². The van der Waals surface area contributed by atoms with Gasteiger partial charge in [-0.2, -0.15) is 0 Å². The van der Waals surface area contributed by atoms with E-state index in [4.69, 9.17) is 14.0 Å². The lowest BCUT2D eigenvalue weighted by Gasteiger charge is -2.32. The summed E-state index contributed by atoms with van der Waals surface area (Å²) < 4.78 is 17.0. The first-order valence-corrected chi connectivity index (χ1v) is 7.53. The van der Waals surface area contributed by atoms with Crippen LogP contribution in [0.5, 0.6) is 0 Å². The monoisotopic (exact) mass is 305 g/mol. The molecule has 2 rings (SSSR count). The third-order valence-electron chi connectivity index (χ3n) is 4.49. The summed E-state index contributed by atoms with van der Waals surface area (Å²) >= 11 is 0. The van der Waals surface area contributed by atoms with Crippen LogP contribution in [0.1, 0.15) is 63.5 Å². The van der Waals surface area contributed by atoms with Crippen LogP contribution in [0.3, 0.4) is 0 Å². The van der Waals surface area contributed by atoms with Crippen molar-refractivity contribution in [2.24, 2.45) is 0 Å². The summed E-state index contributed by atoms with van der Waals surface area (Å²) in [5.74, 6) is -0.221. The Kier molecular flexibility index (Phi) is 4.37. The molecule has 0 aliphatic carbocycles. The number of carbonyl (C=O) groups excluding carboxylic acids is 1. The van der Waals surface area contributed by atoms with Crippen molar-refractivity contribution in [3.05, 3.63) is 23.5 Å². The minimum Gasteiger partial charge on any atom is -0.464 e. The molecule has 0 atom stereocenters. The van der Waals surface area contributed by atoms with Crippen molar-refractivity contribution in [3.63, 3.8) is 0 Å². The third-order valence-corrected chi connectivity index (χ3v) is 4.49. The fourth-order valence-electron chi connectivity index (χ4n) is 2.35. The molecular formula is C16H24BNO4. The molecule has 0 unspecified atom stereocenters. The Morgan fingerprint density at radius 1 is 1.23 bits per heavy atom. The van der Waals surface area contributed by atoms with Crippen LogP contribution in [-0.4, -0.2) is 36.4 Å². The van der Waals surface area contributed by atoms with Crippen LogP contribution in [-0.2, 0) is 14.0 Å². The highest BCUT2D eigenvalue weighted by molar-refractivity contribution is 6.62. The third kappa shape index (κ3) is 2.90. The molecule has 2 heterocycles. The molecular weight excluding hydrogens is 281 g/mol. The highest BCUT2D eigenvalue weighted by atomic mass is 16.7. The van der Waals surface area contributed by atoms with Gasteiger partial charge < -0.3 is 14.0 Å². The van der Waals surface area contributed by atoms with E-state index >= 15 is 0 Å². The van der Waals surface area contributed by atoms with Gasteiger partial charge in [0.15, 0.2) is 0 Å². The summed E-state index contributed by atoms with van der Waals surface area (Å²) in [4.78, 5) is 15.9. The molecule has 0 bridgehead atoms. The Morgan fingerprint density at radius 3 is 2.23 bits per heavy atom. The minimum absolute atomic E-state index is 0.244. The molecule has 120 valence electrons. The second kappa shape index (κ2) is 5.67. The number of methoxy groups -OCH3 is 1. The van der Waals surface area contributed by atoms with E-state index in [1.807, 2.05) is 27.7 Å². The van der Waals surface area contributed by atoms with Crippen LogP contribution in [0.2, 0.25) is 0 Å². The zero-order chi connectivity index (χ0) is 16.7. The molecule has 6 heteroatoms. The molecule has 0 amide bonds. The molecule has 5 nitrogen and oxygen atoms in total. The van der Waals surface area contributed by atoms with E-state index < -0.39 is 24.3 Å². The van der Waals surface area contributed by atoms with E-state index in [1.165, 1.54) is 7.11 Å². The Balaban J connectivity index is 2.47. The van der Waals surface area contributed by atoms with Gasteiger partial charge in [0, 0.05) is 6.20 Å². The normalized spacial score (nSPS) is 19.5. The summed E-state index contributed by atoms with van der Waals surface area (Å²) in [5, 5.41) is 0. The van der Waals surface area contributed by atoms with Crippen LogP contribution < -0.4 is 5.46 Å². The summed E-state index contributed by atoms with van der Waals surface area (Å²) in [6.07, 6.45) is 1.71. The first kappa shape index (κ1) is 17.0. The number of esters is 1. The number of aromatic nitrogens is 1. The number of ether oxygens (including phenoxy) is 1. The van der Waals surface area contributed by atoms with E-state index in [-0.39, 0.29) is 11.6 Å². The lowest BCUT2D eigenvalue weighted by atomic mass is 9.74. The van der Waals surface area contributed by atoms with Crippen LogP contribution in [0, 0.1) is 0 Å². The van der Waals surface area contributed by atoms with Crippen LogP contribution in [0.25, 0.3) is 0 Å². The fourth-order valence-corrected chi connectivity index (χ4v) is 2.35. The average molecular weight is 305 g/mol. The largest absolute Gasteiger partial charge is 0.495 e. The maximum absolute atomic E-state index is 11.8. The number of hydrogen-bond donors (Lipinski definition) is 0. The second-order valence-electron chi connectivity index (χ2n) is 6.93. The van der Waals surface area contributed by atoms with E-state index in [2.05, 4.69) is 18.8 Å². The van der Waals surface area contributed by atoms with Crippen molar-refractivity contribution in [3.8, 4) is 0 Å². The summed E-state index contributed by atoms with van der Waals surface area (Å²) in [6, 6.07) is 1.71. The molecule has 0 N–H and O–H groups in total. The Labute approximate surface area is 132 Å². The Bertz CT molecular complexity index is 568. The van der Waals surface area contributed by atoms with Crippen molar-refractivity contribution in [1.82, 2.24) is 4.98 Å². The molecule has 1 aromatic heterocycles. The van der Waals surface area contributed by atoms with Crippen LogP contribution in [0.15, 0.2) is 12.3 Å². The first-order chi connectivity index (χ1) is 10.1. The van der Waals surface area contributed by atoms with Gasteiger partial charge in [-0.15, -0.1) is 0 Å². The maximum Gasteiger partial charge on any atom is 0.495 e. The molecule has 22 heavy (non-hydrogen) atoms. The quantitative estimate of drug-likeness (QED) is 0.633. The maximum atomic E-state index is 11.8. The average Bonchev–Trinajstić information content (AvgIpc) is 2.65. The predicted molar refractivity (Wildman–Crippen MR) is 85.4 cm³/mol. The lowest BCUT2D eigenvalue weighted by Crippen LogP contribution is -2.41. The van der Waals surface area contributed by atoms with Gasteiger partial charge in [0.25, 0.3) is 0 Å². The molecule has 1 aliphatic heterocycles. The number of rotatable bonds is 3. The number of carbonyl (C=O) groups is 1. The van der Waals surface area contributed by atoms with Crippen molar-refractivity contribution < 1.29 is 18.8 Å². The zero-order valence-electron chi connectivity index (χ0n) is 14.4. The summed E-state index contributed by atoms with van der Waals surface area (Å²) in [6.45, 7) is 12.2. The highest BCUT2D eigenvalue weighted by Crippen LogP contribution is 2.37. The molecule has 0 saturated carbocycles. The smallest absolute Gasteiger partial charge is 0.464 e. The molecule has 1 aromatic rings. The molecule has 1 aliphatic rings. The molecule has 0 radical (unpaired) electrons. The molecule has 0 aromatic carbocycles. The van der Waals surface area contributed by atoms with E-state index in [1.54, 1.807) is 12.3 Å². The summed E-state index contributed by atoms with van der Waals surface area (Å²) in [5.41, 5.74) is 1.24. The SMILES string of the molecule is COC(=O)c1cc(B2OC(C)(C)C(C)(C)O2)c(C(C)C)cn1. The van der Waals surface area contributed by atoms with Crippen molar-refractivity contribution in [1.29, 1.82) is 0 Å². The van der Waals surface area contributed by atoms with Crippen molar-refractivity contribution >= 4 is 18.6 Å². The van der Waals surface area contributed by atoms with Gasteiger partial charge in [0.2, 0.25) is 0 Å². The molecule has 1 fully saturated rings. The summed E-state index contributed by atoms with van der Waals surface area (Å²) in [7, 11) is 0.822. The second-order valence-corrected chi connectivity index (χ2v) is 6.93. The van der Waals surface area contributed by atoms with E-state index in [9.17, 15) is 4.79 Å². The lowest BCUT2D eigenvalue weighted by molar-refractivity contribution is 0.00578. The number of pyridine rings is 1. The zero-order valence-corrected chi connectivity index (χ0v) is 14.4. The predicted octanol–water partition coefficient (Wildman–Crippen LogP) is 2.29. The number of nitrogens with zero attached hydrogens (tertiary/aromatic N) is 1. The van der Waals surface area contributed by atoms with Crippen LogP contribution >= 0.6 is 0 Å². The van der Waals surface area contributed by atoms with Gasteiger partial charge in [-0.25, -0.2) is 9.78 Å². The van der Waals surface area contributed by atoms with Crippen molar-refractivity contribution in [2.75, 3.05) is 7.11 Å². The first-order valence-electron chi connectivity index (χ1n) is 7.53. The fraction of sp³-hybridized carbons (Fsp3) is 0.625. The van der Waals surface area contributed by atoms with Gasteiger partial charge in [-0.3, -0.25) is 0 Å².